The van der Waals surface area contributed by atoms with Crippen molar-refractivity contribution in [2.45, 2.75) is 30.3 Å². The molecular formula is C12H16O3S. The number of sulfone groups is 1. The van der Waals surface area contributed by atoms with Crippen molar-refractivity contribution in [2.24, 2.45) is 5.92 Å². The first-order valence-corrected chi connectivity index (χ1v) is 7.36. The van der Waals surface area contributed by atoms with Gasteiger partial charge >= 0.3 is 0 Å². The summed E-state index contributed by atoms with van der Waals surface area (Å²) in [4.78, 5) is 0.281. The fraction of sp³-hybridized carbons (Fsp3) is 0.500. The molecule has 1 fully saturated rings. The fourth-order valence-corrected chi connectivity index (χ4v) is 2.63. The third kappa shape index (κ3) is 2.28. The minimum Gasteiger partial charge on any atom is -0.388 e. The number of aliphatic hydroxyl groups is 1. The van der Waals surface area contributed by atoms with Crippen molar-refractivity contribution in [3.8, 4) is 0 Å². The molecule has 0 spiro atoms. The Kier molecular flexibility index (Phi) is 3.04. The van der Waals surface area contributed by atoms with Crippen molar-refractivity contribution in [3.63, 3.8) is 0 Å². The van der Waals surface area contributed by atoms with Crippen LogP contribution in [0.1, 0.15) is 30.9 Å². The molecule has 2 rings (SSSR count). The normalized spacial score (nSPS) is 19.1. The minimum atomic E-state index is -3.18. The molecule has 16 heavy (non-hydrogen) atoms. The van der Waals surface area contributed by atoms with Crippen LogP contribution in [0.3, 0.4) is 0 Å². The molecular weight excluding hydrogens is 224 g/mol. The Hall–Kier alpha value is -0.870. The smallest absolute Gasteiger partial charge is 0.175 e. The monoisotopic (exact) mass is 240 g/mol. The molecule has 0 radical (unpaired) electrons. The van der Waals surface area contributed by atoms with Gasteiger partial charge in [0.2, 0.25) is 0 Å². The van der Waals surface area contributed by atoms with Crippen LogP contribution < -0.4 is 0 Å². The van der Waals surface area contributed by atoms with Crippen molar-refractivity contribution in [1.82, 2.24) is 0 Å². The average Bonchev–Trinajstić information content (AvgIpc) is 2.14. The second-order valence-corrected chi connectivity index (χ2v) is 6.50. The zero-order valence-corrected chi connectivity index (χ0v) is 10.1. The number of rotatable bonds is 3. The van der Waals surface area contributed by atoms with Gasteiger partial charge in [-0.25, -0.2) is 8.42 Å². The first kappa shape index (κ1) is 11.6. The molecule has 88 valence electrons. The van der Waals surface area contributed by atoms with E-state index in [2.05, 4.69) is 0 Å². The van der Waals surface area contributed by atoms with Crippen LogP contribution in [0.15, 0.2) is 29.2 Å². The van der Waals surface area contributed by atoms with Gasteiger partial charge in [0.1, 0.15) is 0 Å². The van der Waals surface area contributed by atoms with Gasteiger partial charge in [-0.2, -0.15) is 0 Å². The Morgan fingerprint density at radius 1 is 1.38 bits per heavy atom. The molecule has 1 unspecified atom stereocenters. The summed E-state index contributed by atoms with van der Waals surface area (Å²) in [6, 6.07) is 6.62. The van der Waals surface area contributed by atoms with E-state index in [4.69, 9.17) is 0 Å². The summed E-state index contributed by atoms with van der Waals surface area (Å²) < 4.78 is 22.8. The van der Waals surface area contributed by atoms with Crippen molar-refractivity contribution >= 4 is 9.84 Å². The quantitative estimate of drug-likeness (QED) is 0.878. The maximum Gasteiger partial charge on any atom is 0.175 e. The number of hydrogen-bond acceptors (Lipinski definition) is 3. The third-order valence-corrected chi connectivity index (χ3v) is 4.33. The molecule has 1 saturated carbocycles. The van der Waals surface area contributed by atoms with E-state index in [9.17, 15) is 13.5 Å². The second kappa shape index (κ2) is 4.18. The summed E-state index contributed by atoms with van der Waals surface area (Å²) >= 11 is 0. The van der Waals surface area contributed by atoms with Crippen LogP contribution in [0.2, 0.25) is 0 Å². The van der Waals surface area contributed by atoms with Crippen molar-refractivity contribution in [2.75, 3.05) is 6.26 Å². The Morgan fingerprint density at radius 3 is 2.56 bits per heavy atom. The highest BCUT2D eigenvalue weighted by molar-refractivity contribution is 7.90. The van der Waals surface area contributed by atoms with E-state index in [0.29, 0.717) is 11.5 Å². The van der Waals surface area contributed by atoms with Crippen LogP contribution in [-0.2, 0) is 9.84 Å². The van der Waals surface area contributed by atoms with Gasteiger partial charge in [-0.3, -0.25) is 0 Å². The van der Waals surface area contributed by atoms with Gasteiger partial charge in [-0.1, -0.05) is 18.6 Å². The molecule has 0 amide bonds. The Balaban J connectivity index is 2.28. The average molecular weight is 240 g/mol. The van der Waals surface area contributed by atoms with Crippen molar-refractivity contribution < 1.29 is 13.5 Å². The molecule has 1 aliphatic rings. The highest BCUT2D eigenvalue weighted by Crippen LogP contribution is 2.37. The summed E-state index contributed by atoms with van der Waals surface area (Å²) in [6.45, 7) is 0. The second-order valence-electron chi connectivity index (χ2n) is 4.48. The molecule has 3 nitrogen and oxygen atoms in total. The molecule has 0 saturated heterocycles. The third-order valence-electron chi connectivity index (χ3n) is 3.22. The van der Waals surface area contributed by atoms with Crippen LogP contribution >= 0.6 is 0 Å². The Morgan fingerprint density at radius 2 is 2.06 bits per heavy atom. The van der Waals surface area contributed by atoms with Crippen LogP contribution in [0.25, 0.3) is 0 Å². The summed E-state index contributed by atoms with van der Waals surface area (Å²) in [5, 5.41) is 10.0. The van der Waals surface area contributed by atoms with Crippen molar-refractivity contribution in [3.05, 3.63) is 29.8 Å². The van der Waals surface area contributed by atoms with E-state index < -0.39 is 15.9 Å². The largest absolute Gasteiger partial charge is 0.388 e. The zero-order chi connectivity index (χ0) is 11.8. The van der Waals surface area contributed by atoms with Gasteiger partial charge < -0.3 is 5.11 Å². The molecule has 1 atom stereocenters. The summed E-state index contributed by atoms with van der Waals surface area (Å²) in [5.74, 6) is 0.301. The van der Waals surface area contributed by atoms with E-state index in [-0.39, 0.29) is 4.90 Å². The lowest BCUT2D eigenvalue weighted by Gasteiger charge is -2.30. The first-order valence-electron chi connectivity index (χ1n) is 5.46. The standard InChI is InChI=1S/C12H16O3S/c1-16(14,15)11-7-3-6-10(8-11)12(13)9-4-2-5-9/h3,6-9,12-13H,2,4-5H2,1H3. The van der Waals surface area contributed by atoms with E-state index in [1.54, 1.807) is 24.3 Å². The summed E-state index contributed by atoms with van der Waals surface area (Å²) in [7, 11) is -3.18. The van der Waals surface area contributed by atoms with Gasteiger partial charge in [-0.05, 0) is 36.5 Å². The first-order chi connectivity index (χ1) is 7.48. The number of hydrogen-bond donors (Lipinski definition) is 1. The molecule has 0 heterocycles. The molecule has 1 N–H and O–H groups in total. The Labute approximate surface area is 96.0 Å². The maximum atomic E-state index is 11.4. The zero-order valence-electron chi connectivity index (χ0n) is 9.26. The van der Waals surface area contributed by atoms with Gasteiger partial charge in [0, 0.05) is 6.26 Å². The van der Waals surface area contributed by atoms with Crippen LogP contribution in [0.5, 0.6) is 0 Å². The topological polar surface area (TPSA) is 54.4 Å². The maximum absolute atomic E-state index is 11.4. The van der Waals surface area contributed by atoms with Gasteiger partial charge in [0.15, 0.2) is 9.84 Å². The molecule has 0 aromatic heterocycles. The lowest BCUT2D eigenvalue weighted by atomic mass is 9.79. The fourth-order valence-electron chi connectivity index (χ4n) is 1.96. The van der Waals surface area contributed by atoms with E-state index in [1.165, 1.54) is 6.26 Å². The summed E-state index contributed by atoms with van der Waals surface area (Å²) in [5.41, 5.74) is 0.715. The van der Waals surface area contributed by atoms with Crippen LogP contribution in [0.4, 0.5) is 0 Å². The summed E-state index contributed by atoms with van der Waals surface area (Å²) in [6.07, 6.45) is 3.89. The molecule has 1 aromatic rings. The highest BCUT2D eigenvalue weighted by Gasteiger charge is 2.27. The lowest BCUT2D eigenvalue weighted by Crippen LogP contribution is -2.20. The van der Waals surface area contributed by atoms with E-state index in [1.807, 2.05) is 0 Å². The predicted molar refractivity (Wildman–Crippen MR) is 61.9 cm³/mol. The minimum absolute atomic E-state index is 0.281. The SMILES string of the molecule is CS(=O)(=O)c1cccc(C(O)C2CCC2)c1. The number of aliphatic hydroxyl groups excluding tert-OH is 1. The number of benzene rings is 1. The molecule has 0 aliphatic heterocycles. The van der Waals surface area contributed by atoms with Crippen LogP contribution in [-0.4, -0.2) is 19.8 Å². The molecule has 1 aliphatic carbocycles. The molecule has 1 aromatic carbocycles. The van der Waals surface area contributed by atoms with E-state index in [0.717, 1.165) is 19.3 Å². The van der Waals surface area contributed by atoms with E-state index >= 15 is 0 Å². The van der Waals surface area contributed by atoms with Gasteiger partial charge in [0.05, 0.1) is 11.0 Å². The van der Waals surface area contributed by atoms with Crippen LogP contribution in [0, 0.1) is 5.92 Å². The van der Waals surface area contributed by atoms with Crippen molar-refractivity contribution in [1.29, 1.82) is 0 Å². The molecule has 0 bridgehead atoms. The predicted octanol–water partition coefficient (Wildman–Crippen LogP) is 1.92. The highest BCUT2D eigenvalue weighted by atomic mass is 32.2. The Bertz CT molecular complexity index is 475. The van der Waals surface area contributed by atoms with Gasteiger partial charge in [0.25, 0.3) is 0 Å². The molecule has 4 heteroatoms. The van der Waals surface area contributed by atoms with Gasteiger partial charge in [-0.15, -0.1) is 0 Å². The lowest BCUT2D eigenvalue weighted by molar-refractivity contribution is 0.0619.